The molecule has 0 saturated heterocycles. The number of nitrogens with zero attached hydrogens (tertiary/aromatic N) is 2. The molecule has 1 unspecified atom stereocenters. The summed E-state index contributed by atoms with van der Waals surface area (Å²) < 4.78 is 10.6. The molecule has 1 aromatic rings. The van der Waals surface area contributed by atoms with E-state index in [2.05, 4.69) is 9.84 Å². The summed E-state index contributed by atoms with van der Waals surface area (Å²) in [5, 5.41) is 3.91. The van der Waals surface area contributed by atoms with E-state index in [0.29, 0.717) is 0 Å². The van der Waals surface area contributed by atoms with E-state index < -0.39 is 18.0 Å². The van der Waals surface area contributed by atoms with E-state index in [1.165, 1.54) is 18.0 Å². The second-order valence-corrected chi connectivity index (χ2v) is 3.33. The van der Waals surface area contributed by atoms with Gasteiger partial charge in [-0.05, 0) is 13.8 Å². The van der Waals surface area contributed by atoms with Crippen LogP contribution in [0.25, 0.3) is 0 Å². The van der Waals surface area contributed by atoms with Gasteiger partial charge in [0.15, 0.2) is 5.69 Å². The van der Waals surface area contributed by atoms with Crippen LogP contribution < -0.4 is 5.73 Å². The fourth-order valence-corrected chi connectivity index (χ4v) is 1.24. The molecule has 0 aliphatic rings. The molecular weight excluding hydrogens is 226 g/mol. The molecule has 17 heavy (non-hydrogen) atoms. The van der Waals surface area contributed by atoms with Crippen LogP contribution in [0.5, 0.6) is 0 Å². The van der Waals surface area contributed by atoms with Crippen LogP contribution in [0, 0.1) is 0 Å². The lowest BCUT2D eigenvalue weighted by molar-refractivity contribution is -0.144. The van der Waals surface area contributed by atoms with Crippen LogP contribution in [0.2, 0.25) is 0 Å². The maximum Gasteiger partial charge on any atom is 0.361 e. The van der Waals surface area contributed by atoms with Crippen molar-refractivity contribution < 1.29 is 19.1 Å². The number of methoxy groups -OCH3 is 1. The molecule has 1 aromatic heterocycles. The van der Waals surface area contributed by atoms with Gasteiger partial charge in [-0.15, -0.1) is 0 Å². The first-order valence-corrected chi connectivity index (χ1v) is 5.10. The summed E-state index contributed by atoms with van der Waals surface area (Å²) in [5.41, 5.74) is 5.78. The van der Waals surface area contributed by atoms with Crippen molar-refractivity contribution in [2.24, 2.45) is 0 Å². The summed E-state index contributed by atoms with van der Waals surface area (Å²) in [7, 11) is 1.28. The van der Waals surface area contributed by atoms with Gasteiger partial charge in [-0.3, -0.25) is 4.68 Å². The summed E-state index contributed by atoms with van der Waals surface area (Å²) >= 11 is 0. The average molecular weight is 241 g/mol. The van der Waals surface area contributed by atoms with Crippen LogP contribution in [0.1, 0.15) is 30.4 Å². The molecule has 0 saturated carbocycles. The minimum Gasteiger partial charge on any atom is -0.467 e. The summed E-state index contributed by atoms with van der Waals surface area (Å²) in [6.07, 6.45) is 1.40. The first-order chi connectivity index (χ1) is 8.01. The van der Waals surface area contributed by atoms with Gasteiger partial charge >= 0.3 is 11.9 Å². The van der Waals surface area contributed by atoms with Crippen molar-refractivity contribution in [2.75, 3.05) is 19.5 Å². The molecule has 0 aliphatic heterocycles. The van der Waals surface area contributed by atoms with Crippen LogP contribution in [-0.2, 0) is 14.3 Å². The summed E-state index contributed by atoms with van der Waals surface area (Å²) in [6.45, 7) is 3.51. The molecule has 0 bridgehead atoms. The van der Waals surface area contributed by atoms with Gasteiger partial charge in [0.1, 0.15) is 6.04 Å². The molecular formula is C10H15N3O4. The number of nitrogen functional groups attached to an aromatic ring is 1. The third-order valence-corrected chi connectivity index (χ3v) is 2.17. The lowest BCUT2D eigenvalue weighted by Crippen LogP contribution is -2.19. The van der Waals surface area contributed by atoms with E-state index in [1.807, 2.05) is 0 Å². The monoisotopic (exact) mass is 241 g/mol. The fraction of sp³-hybridized carbons (Fsp3) is 0.500. The number of carbonyl (C=O) groups is 2. The number of aromatic nitrogens is 2. The van der Waals surface area contributed by atoms with Gasteiger partial charge in [0.2, 0.25) is 0 Å². The minimum atomic E-state index is -0.648. The zero-order chi connectivity index (χ0) is 13.0. The summed E-state index contributed by atoms with van der Waals surface area (Å²) in [6, 6.07) is -0.648. The number of anilines is 1. The van der Waals surface area contributed by atoms with Gasteiger partial charge in [0, 0.05) is 6.20 Å². The highest BCUT2D eigenvalue weighted by molar-refractivity contribution is 5.92. The molecule has 0 aliphatic carbocycles. The van der Waals surface area contributed by atoms with E-state index in [9.17, 15) is 9.59 Å². The number of nitrogens with two attached hydrogens (primary N) is 1. The zero-order valence-corrected chi connectivity index (χ0v) is 9.97. The Labute approximate surface area is 98.5 Å². The zero-order valence-electron chi connectivity index (χ0n) is 9.97. The molecule has 0 spiro atoms. The lowest BCUT2D eigenvalue weighted by Gasteiger charge is -2.08. The predicted octanol–water partition coefficient (Wildman–Crippen LogP) is 0.376. The van der Waals surface area contributed by atoms with Crippen molar-refractivity contribution >= 4 is 17.6 Å². The van der Waals surface area contributed by atoms with Crippen LogP contribution in [0.3, 0.4) is 0 Å². The Morgan fingerprint density at radius 1 is 1.59 bits per heavy atom. The SMILES string of the molecule is CCOC(=O)c1nn(C(C)C(=O)OC)cc1N. The summed E-state index contributed by atoms with van der Waals surface area (Å²) in [4.78, 5) is 22.7. The van der Waals surface area contributed by atoms with Crippen LogP contribution in [0.15, 0.2) is 6.20 Å². The van der Waals surface area contributed by atoms with Gasteiger partial charge in [0.25, 0.3) is 0 Å². The molecule has 2 N–H and O–H groups in total. The first kappa shape index (κ1) is 13.0. The predicted molar refractivity (Wildman–Crippen MR) is 59.3 cm³/mol. The van der Waals surface area contributed by atoms with Crippen molar-refractivity contribution in [1.82, 2.24) is 9.78 Å². The molecule has 7 nitrogen and oxygen atoms in total. The molecule has 0 radical (unpaired) electrons. The van der Waals surface area contributed by atoms with E-state index >= 15 is 0 Å². The van der Waals surface area contributed by atoms with Crippen LogP contribution in [-0.4, -0.2) is 35.4 Å². The number of rotatable bonds is 4. The molecule has 0 aromatic carbocycles. The van der Waals surface area contributed by atoms with Gasteiger partial charge in [-0.25, -0.2) is 9.59 Å². The van der Waals surface area contributed by atoms with Crippen LogP contribution >= 0.6 is 0 Å². The molecule has 1 heterocycles. The second kappa shape index (κ2) is 5.33. The maximum atomic E-state index is 11.4. The summed E-state index contributed by atoms with van der Waals surface area (Å²) in [5.74, 6) is -1.08. The smallest absolute Gasteiger partial charge is 0.361 e. The maximum absolute atomic E-state index is 11.4. The number of esters is 2. The Hall–Kier alpha value is -2.05. The van der Waals surface area contributed by atoms with Crippen LogP contribution in [0.4, 0.5) is 5.69 Å². The lowest BCUT2D eigenvalue weighted by atomic mass is 10.3. The Bertz CT molecular complexity index is 427. The van der Waals surface area contributed by atoms with Gasteiger partial charge in [-0.1, -0.05) is 0 Å². The van der Waals surface area contributed by atoms with Crippen molar-refractivity contribution in [3.05, 3.63) is 11.9 Å². The van der Waals surface area contributed by atoms with Crippen molar-refractivity contribution in [1.29, 1.82) is 0 Å². The standard InChI is InChI=1S/C10H15N3O4/c1-4-17-10(15)8-7(11)5-13(12-8)6(2)9(14)16-3/h5-6H,4,11H2,1-3H3. The van der Waals surface area contributed by atoms with E-state index in [0.717, 1.165) is 0 Å². The molecule has 0 fully saturated rings. The largest absolute Gasteiger partial charge is 0.467 e. The quantitative estimate of drug-likeness (QED) is 0.765. The number of hydrogen-bond acceptors (Lipinski definition) is 6. The normalized spacial score (nSPS) is 11.9. The molecule has 7 heteroatoms. The highest BCUT2D eigenvalue weighted by Crippen LogP contribution is 2.15. The Kier molecular flexibility index (Phi) is 4.08. The highest BCUT2D eigenvalue weighted by Gasteiger charge is 2.21. The topological polar surface area (TPSA) is 96.4 Å². The van der Waals surface area contributed by atoms with Crippen molar-refractivity contribution in [3.8, 4) is 0 Å². The molecule has 1 rings (SSSR count). The van der Waals surface area contributed by atoms with E-state index in [-0.39, 0.29) is 18.0 Å². The first-order valence-electron chi connectivity index (χ1n) is 5.10. The highest BCUT2D eigenvalue weighted by atomic mass is 16.5. The van der Waals surface area contributed by atoms with E-state index in [4.69, 9.17) is 10.5 Å². The third-order valence-electron chi connectivity index (χ3n) is 2.17. The number of carbonyl (C=O) groups excluding carboxylic acids is 2. The average Bonchev–Trinajstić information content (AvgIpc) is 2.69. The third kappa shape index (κ3) is 2.74. The van der Waals surface area contributed by atoms with Crippen molar-refractivity contribution in [2.45, 2.75) is 19.9 Å². The van der Waals surface area contributed by atoms with Gasteiger partial charge in [0.05, 0.1) is 19.4 Å². The number of ether oxygens (including phenoxy) is 2. The fourth-order valence-electron chi connectivity index (χ4n) is 1.24. The Morgan fingerprint density at radius 3 is 2.76 bits per heavy atom. The van der Waals surface area contributed by atoms with Gasteiger partial charge in [-0.2, -0.15) is 5.10 Å². The molecule has 94 valence electrons. The van der Waals surface area contributed by atoms with Gasteiger partial charge < -0.3 is 15.2 Å². The Morgan fingerprint density at radius 2 is 2.24 bits per heavy atom. The second-order valence-electron chi connectivity index (χ2n) is 3.33. The molecule has 1 atom stereocenters. The Balaban J connectivity index is 2.95. The van der Waals surface area contributed by atoms with Crippen molar-refractivity contribution in [3.63, 3.8) is 0 Å². The minimum absolute atomic E-state index is 0.00241. The molecule has 0 amide bonds. The number of hydrogen-bond donors (Lipinski definition) is 1. The van der Waals surface area contributed by atoms with E-state index in [1.54, 1.807) is 13.8 Å².